The molecule has 2 N–H and O–H groups in total. The molecular formula is C15H14N2O6. The van der Waals surface area contributed by atoms with Crippen LogP contribution in [0.4, 0.5) is 5.69 Å². The van der Waals surface area contributed by atoms with Gasteiger partial charge in [-0.25, -0.2) is 9.59 Å². The van der Waals surface area contributed by atoms with E-state index < -0.39 is 16.9 Å². The van der Waals surface area contributed by atoms with E-state index >= 15 is 0 Å². The van der Waals surface area contributed by atoms with Gasteiger partial charge in [0.1, 0.15) is 5.69 Å². The average Bonchev–Trinajstić information content (AvgIpc) is 2.85. The molecule has 0 aliphatic heterocycles. The number of esters is 1. The molecule has 0 aliphatic carbocycles. The standard InChI is InChI=1S/C15H14N2O6/c1-3-23-15(20)13-12(11(14(18)19)8(2)16-13)9-6-4-5-7-10(9)17(21)22/h4-7,16H,3H2,1-2H3,(H,18,19). The molecular weight excluding hydrogens is 304 g/mol. The molecule has 0 fully saturated rings. The Labute approximate surface area is 130 Å². The molecule has 0 spiro atoms. The number of hydrogen-bond acceptors (Lipinski definition) is 5. The Kier molecular flexibility index (Phi) is 4.44. The number of aromatic amines is 1. The number of ether oxygens (including phenoxy) is 1. The van der Waals surface area contributed by atoms with Crippen molar-refractivity contribution in [1.29, 1.82) is 0 Å². The van der Waals surface area contributed by atoms with Crippen LogP contribution >= 0.6 is 0 Å². The van der Waals surface area contributed by atoms with E-state index in [1.165, 1.54) is 31.2 Å². The van der Waals surface area contributed by atoms with Crippen molar-refractivity contribution in [3.05, 3.63) is 51.3 Å². The number of H-pyrrole nitrogens is 1. The summed E-state index contributed by atoms with van der Waals surface area (Å²) in [4.78, 5) is 36.9. The molecule has 0 unspecified atom stereocenters. The lowest BCUT2D eigenvalue weighted by atomic mass is 9.98. The van der Waals surface area contributed by atoms with Crippen LogP contribution in [0.15, 0.2) is 24.3 Å². The number of aromatic carboxylic acids is 1. The fourth-order valence-electron chi connectivity index (χ4n) is 2.36. The van der Waals surface area contributed by atoms with Crippen LogP contribution in [0.2, 0.25) is 0 Å². The van der Waals surface area contributed by atoms with Gasteiger partial charge in [-0.3, -0.25) is 10.1 Å². The minimum atomic E-state index is -1.29. The second-order valence-corrected chi connectivity index (χ2v) is 4.67. The number of carbonyl (C=O) groups is 2. The van der Waals surface area contributed by atoms with Gasteiger partial charge < -0.3 is 14.8 Å². The fraction of sp³-hybridized carbons (Fsp3) is 0.200. The lowest BCUT2D eigenvalue weighted by molar-refractivity contribution is -0.384. The molecule has 2 aromatic rings. The van der Waals surface area contributed by atoms with E-state index in [-0.39, 0.29) is 40.4 Å². The zero-order valence-electron chi connectivity index (χ0n) is 12.5. The van der Waals surface area contributed by atoms with Gasteiger partial charge in [-0.05, 0) is 19.9 Å². The average molecular weight is 318 g/mol. The Morgan fingerprint density at radius 3 is 2.57 bits per heavy atom. The third-order valence-electron chi connectivity index (χ3n) is 3.25. The predicted octanol–water partition coefficient (Wildman–Crippen LogP) is 2.77. The maximum Gasteiger partial charge on any atom is 0.355 e. The molecule has 0 saturated heterocycles. The summed E-state index contributed by atoms with van der Waals surface area (Å²) in [6.07, 6.45) is 0. The molecule has 0 amide bonds. The van der Waals surface area contributed by atoms with Crippen LogP contribution < -0.4 is 0 Å². The van der Waals surface area contributed by atoms with Crippen molar-refractivity contribution in [2.24, 2.45) is 0 Å². The number of carboxylic acid groups (broad SMARTS) is 1. The molecule has 0 saturated carbocycles. The lowest BCUT2D eigenvalue weighted by Gasteiger charge is -2.06. The van der Waals surface area contributed by atoms with Crippen LogP contribution in [0.3, 0.4) is 0 Å². The number of hydrogen-bond donors (Lipinski definition) is 2. The van der Waals surface area contributed by atoms with Gasteiger partial charge in [0, 0.05) is 17.3 Å². The van der Waals surface area contributed by atoms with Gasteiger partial charge in [0.25, 0.3) is 5.69 Å². The highest BCUT2D eigenvalue weighted by atomic mass is 16.6. The van der Waals surface area contributed by atoms with Crippen LogP contribution in [0.25, 0.3) is 11.1 Å². The van der Waals surface area contributed by atoms with Gasteiger partial charge >= 0.3 is 11.9 Å². The normalized spacial score (nSPS) is 10.3. The van der Waals surface area contributed by atoms with Gasteiger partial charge in [-0.1, -0.05) is 12.1 Å². The first kappa shape index (κ1) is 16.2. The first-order valence-electron chi connectivity index (χ1n) is 6.75. The van der Waals surface area contributed by atoms with Gasteiger partial charge in [-0.15, -0.1) is 0 Å². The zero-order valence-corrected chi connectivity index (χ0v) is 12.5. The first-order chi connectivity index (χ1) is 10.9. The number of nitro groups is 1. The SMILES string of the molecule is CCOC(=O)c1[nH]c(C)c(C(=O)O)c1-c1ccccc1[N+](=O)[O-]. The van der Waals surface area contributed by atoms with Crippen molar-refractivity contribution >= 4 is 17.6 Å². The van der Waals surface area contributed by atoms with Crippen molar-refractivity contribution in [2.75, 3.05) is 6.61 Å². The number of nitro benzene ring substituents is 1. The first-order valence-corrected chi connectivity index (χ1v) is 6.75. The Hall–Kier alpha value is -3.16. The summed E-state index contributed by atoms with van der Waals surface area (Å²) in [5.41, 5.74) is -0.380. The largest absolute Gasteiger partial charge is 0.478 e. The number of carboxylic acids is 1. The molecule has 23 heavy (non-hydrogen) atoms. The second kappa shape index (κ2) is 6.30. The molecule has 1 heterocycles. The maximum absolute atomic E-state index is 12.1. The summed E-state index contributed by atoms with van der Waals surface area (Å²) in [6, 6.07) is 5.64. The number of nitrogens with one attached hydrogen (secondary N) is 1. The van der Waals surface area contributed by atoms with Gasteiger partial charge in [-0.2, -0.15) is 0 Å². The number of aromatic nitrogens is 1. The highest BCUT2D eigenvalue weighted by Gasteiger charge is 2.30. The van der Waals surface area contributed by atoms with Crippen LogP contribution in [0.1, 0.15) is 33.5 Å². The van der Waals surface area contributed by atoms with Crippen molar-refractivity contribution < 1.29 is 24.4 Å². The number of para-hydroxylation sites is 1. The number of benzene rings is 1. The molecule has 0 bridgehead atoms. The third kappa shape index (κ3) is 2.91. The molecule has 1 aromatic carbocycles. The maximum atomic E-state index is 12.1. The molecule has 0 atom stereocenters. The smallest absolute Gasteiger partial charge is 0.355 e. The minimum absolute atomic E-state index is 0.0410. The molecule has 8 nitrogen and oxygen atoms in total. The minimum Gasteiger partial charge on any atom is -0.478 e. The van der Waals surface area contributed by atoms with Crippen molar-refractivity contribution in [1.82, 2.24) is 4.98 Å². The van der Waals surface area contributed by atoms with Crippen molar-refractivity contribution in [2.45, 2.75) is 13.8 Å². The van der Waals surface area contributed by atoms with Crippen molar-refractivity contribution in [3.8, 4) is 11.1 Å². The second-order valence-electron chi connectivity index (χ2n) is 4.67. The number of rotatable bonds is 5. The van der Waals surface area contributed by atoms with E-state index in [2.05, 4.69) is 4.98 Å². The molecule has 8 heteroatoms. The quantitative estimate of drug-likeness (QED) is 0.496. The topological polar surface area (TPSA) is 123 Å². The van der Waals surface area contributed by atoms with Crippen molar-refractivity contribution in [3.63, 3.8) is 0 Å². The summed E-state index contributed by atoms with van der Waals surface area (Å²) < 4.78 is 4.91. The molecule has 2 rings (SSSR count). The van der Waals surface area contributed by atoms with E-state index in [4.69, 9.17) is 4.74 Å². The number of nitrogens with zero attached hydrogens (tertiary/aromatic N) is 1. The lowest BCUT2D eigenvalue weighted by Crippen LogP contribution is -2.08. The summed E-state index contributed by atoms with van der Waals surface area (Å²) in [6.45, 7) is 3.18. The Balaban J connectivity index is 2.81. The molecule has 0 radical (unpaired) electrons. The van der Waals surface area contributed by atoms with E-state index in [0.29, 0.717) is 0 Å². The Morgan fingerprint density at radius 2 is 2.00 bits per heavy atom. The molecule has 120 valence electrons. The summed E-state index contributed by atoms with van der Waals surface area (Å²) in [5.74, 6) is -2.06. The number of carbonyl (C=O) groups excluding carboxylic acids is 1. The Bertz CT molecular complexity index is 793. The van der Waals surface area contributed by atoms with Crippen LogP contribution in [-0.4, -0.2) is 33.6 Å². The third-order valence-corrected chi connectivity index (χ3v) is 3.25. The van der Waals surface area contributed by atoms with Gasteiger partial charge in [0.2, 0.25) is 0 Å². The van der Waals surface area contributed by atoms with E-state index in [9.17, 15) is 24.8 Å². The van der Waals surface area contributed by atoms with Gasteiger partial charge in [0.15, 0.2) is 0 Å². The van der Waals surface area contributed by atoms with E-state index in [0.717, 1.165) is 0 Å². The predicted molar refractivity (Wildman–Crippen MR) is 80.5 cm³/mol. The molecule has 1 aromatic heterocycles. The van der Waals surface area contributed by atoms with Crippen LogP contribution in [-0.2, 0) is 4.74 Å². The number of aryl methyl sites for hydroxylation is 1. The van der Waals surface area contributed by atoms with E-state index in [1.54, 1.807) is 6.92 Å². The van der Waals surface area contributed by atoms with Crippen LogP contribution in [0, 0.1) is 17.0 Å². The van der Waals surface area contributed by atoms with Gasteiger partial charge in [0.05, 0.1) is 22.7 Å². The van der Waals surface area contributed by atoms with Crippen LogP contribution in [0.5, 0.6) is 0 Å². The highest BCUT2D eigenvalue weighted by molar-refractivity contribution is 6.07. The summed E-state index contributed by atoms with van der Waals surface area (Å²) in [7, 11) is 0. The highest BCUT2D eigenvalue weighted by Crippen LogP contribution is 2.36. The molecule has 0 aliphatic rings. The summed E-state index contributed by atoms with van der Waals surface area (Å²) >= 11 is 0. The van der Waals surface area contributed by atoms with E-state index in [1.807, 2.05) is 0 Å². The summed E-state index contributed by atoms with van der Waals surface area (Å²) in [5, 5.41) is 20.6. The fourth-order valence-corrected chi connectivity index (χ4v) is 2.36. The Morgan fingerprint density at radius 1 is 1.35 bits per heavy atom. The monoisotopic (exact) mass is 318 g/mol. The zero-order chi connectivity index (χ0) is 17.1.